The van der Waals surface area contributed by atoms with E-state index in [0.29, 0.717) is 12.2 Å². The summed E-state index contributed by atoms with van der Waals surface area (Å²) in [5.74, 6) is -0.0821. The van der Waals surface area contributed by atoms with Gasteiger partial charge in [-0.15, -0.1) is 0 Å². The number of carbonyl (C=O) groups excluding carboxylic acids is 1. The minimum atomic E-state index is -0.0821. The lowest BCUT2D eigenvalue weighted by Crippen LogP contribution is -2.29. The smallest absolute Gasteiger partial charge is 0.269 e. The molecular formula is C18H25N3O2. The first kappa shape index (κ1) is 17.2. The van der Waals surface area contributed by atoms with Crippen molar-refractivity contribution in [2.75, 3.05) is 6.54 Å². The summed E-state index contributed by atoms with van der Waals surface area (Å²) < 4.78 is 1.82. The molecule has 0 spiro atoms. The molecule has 0 saturated carbocycles. The van der Waals surface area contributed by atoms with Gasteiger partial charge in [-0.05, 0) is 36.5 Å². The zero-order valence-electron chi connectivity index (χ0n) is 13.8. The molecule has 23 heavy (non-hydrogen) atoms. The van der Waals surface area contributed by atoms with Crippen molar-refractivity contribution in [3.8, 4) is 0 Å². The third-order valence-corrected chi connectivity index (χ3v) is 4.10. The highest BCUT2D eigenvalue weighted by Gasteiger charge is 2.16. The number of carbonyl (C=O) groups is 1. The predicted octanol–water partition coefficient (Wildman–Crippen LogP) is 2.71. The standard InChI is InChI=1S/C18H25N3O2/c1-3-16(4-2)21-17(10-12-20-21)18(23)19-11-9-14-5-7-15(13-22)8-6-14/h5-8,10,12,16,22H,3-4,9,11,13H2,1-2H3,(H,19,23). The molecule has 5 heteroatoms. The van der Waals surface area contributed by atoms with Crippen molar-refractivity contribution in [3.05, 3.63) is 53.3 Å². The van der Waals surface area contributed by atoms with Gasteiger partial charge in [0.15, 0.2) is 0 Å². The zero-order valence-corrected chi connectivity index (χ0v) is 13.8. The first-order chi connectivity index (χ1) is 11.2. The summed E-state index contributed by atoms with van der Waals surface area (Å²) in [6.45, 7) is 4.84. The van der Waals surface area contributed by atoms with E-state index in [9.17, 15) is 4.79 Å². The highest BCUT2D eigenvalue weighted by atomic mass is 16.3. The van der Waals surface area contributed by atoms with E-state index in [-0.39, 0.29) is 18.6 Å². The maximum absolute atomic E-state index is 12.3. The van der Waals surface area contributed by atoms with E-state index in [1.54, 1.807) is 12.3 Å². The Hall–Kier alpha value is -2.14. The minimum Gasteiger partial charge on any atom is -0.392 e. The van der Waals surface area contributed by atoms with E-state index >= 15 is 0 Å². The minimum absolute atomic E-state index is 0.0526. The number of nitrogens with zero attached hydrogens (tertiary/aromatic N) is 2. The maximum atomic E-state index is 12.3. The van der Waals surface area contributed by atoms with E-state index in [2.05, 4.69) is 24.3 Å². The molecule has 0 aliphatic rings. The van der Waals surface area contributed by atoms with Crippen LogP contribution < -0.4 is 5.32 Å². The Morgan fingerprint density at radius 1 is 1.17 bits per heavy atom. The first-order valence-electron chi connectivity index (χ1n) is 8.20. The van der Waals surface area contributed by atoms with Crippen molar-refractivity contribution >= 4 is 5.91 Å². The van der Waals surface area contributed by atoms with Gasteiger partial charge >= 0.3 is 0 Å². The van der Waals surface area contributed by atoms with Gasteiger partial charge in [-0.1, -0.05) is 38.1 Å². The molecule has 5 nitrogen and oxygen atoms in total. The van der Waals surface area contributed by atoms with E-state index in [4.69, 9.17) is 5.11 Å². The van der Waals surface area contributed by atoms with Crippen LogP contribution in [0.5, 0.6) is 0 Å². The number of nitrogens with one attached hydrogen (secondary N) is 1. The maximum Gasteiger partial charge on any atom is 0.269 e. The molecule has 124 valence electrons. The van der Waals surface area contributed by atoms with Crippen LogP contribution in [0, 0.1) is 0 Å². The lowest BCUT2D eigenvalue weighted by atomic mass is 10.1. The molecule has 1 aromatic carbocycles. The fourth-order valence-corrected chi connectivity index (χ4v) is 2.64. The molecule has 0 aliphatic carbocycles. The van der Waals surface area contributed by atoms with E-state index in [1.165, 1.54) is 0 Å². The average molecular weight is 315 g/mol. The number of amides is 1. The van der Waals surface area contributed by atoms with Crippen LogP contribution in [0.3, 0.4) is 0 Å². The summed E-state index contributed by atoms with van der Waals surface area (Å²) in [6.07, 6.45) is 4.35. The Morgan fingerprint density at radius 3 is 2.43 bits per heavy atom. The van der Waals surface area contributed by atoms with Crippen molar-refractivity contribution in [2.24, 2.45) is 0 Å². The summed E-state index contributed by atoms with van der Waals surface area (Å²) in [7, 11) is 0. The van der Waals surface area contributed by atoms with Gasteiger partial charge in [-0.2, -0.15) is 5.10 Å². The van der Waals surface area contributed by atoms with Gasteiger partial charge in [0.05, 0.1) is 12.6 Å². The van der Waals surface area contributed by atoms with Crippen LogP contribution >= 0.6 is 0 Å². The number of benzene rings is 1. The number of aliphatic hydroxyl groups is 1. The molecule has 0 unspecified atom stereocenters. The average Bonchev–Trinajstić information content (AvgIpc) is 3.06. The molecule has 0 aliphatic heterocycles. The second kappa shape index (κ2) is 8.48. The molecule has 2 rings (SSSR count). The second-order valence-electron chi connectivity index (χ2n) is 5.61. The normalized spacial score (nSPS) is 11.0. The molecule has 2 N–H and O–H groups in total. The van der Waals surface area contributed by atoms with Gasteiger partial charge in [-0.25, -0.2) is 0 Å². The molecule has 0 saturated heterocycles. The molecule has 2 aromatic rings. The lowest BCUT2D eigenvalue weighted by Gasteiger charge is -2.16. The van der Waals surface area contributed by atoms with E-state index < -0.39 is 0 Å². The molecule has 0 radical (unpaired) electrons. The Labute approximate surface area is 137 Å². The Kier molecular flexibility index (Phi) is 6.35. The number of rotatable bonds is 8. The van der Waals surface area contributed by atoms with Crippen molar-refractivity contribution in [1.29, 1.82) is 0 Å². The van der Waals surface area contributed by atoms with Gasteiger partial charge in [-0.3, -0.25) is 9.48 Å². The highest BCUT2D eigenvalue weighted by Crippen LogP contribution is 2.16. The number of aromatic nitrogens is 2. The Balaban J connectivity index is 1.91. The Bertz CT molecular complexity index is 615. The van der Waals surface area contributed by atoms with Crippen molar-refractivity contribution in [1.82, 2.24) is 15.1 Å². The van der Waals surface area contributed by atoms with Crippen molar-refractivity contribution in [3.63, 3.8) is 0 Å². The molecule has 1 amide bonds. The van der Waals surface area contributed by atoms with Crippen LogP contribution in [-0.2, 0) is 13.0 Å². The lowest BCUT2D eigenvalue weighted by molar-refractivity contribution is 0.0940. The summed E-state index contributed by atoms with van der Waals surface area (Å²) in [4.78, 5) is 12.3. The molecular weight excluding hydrogens is 290 g/mol. The first-order valence-corrected chi connectivity index (χ1v) is 8.20. The van der Waals surface area contributed by atoms with Gasteiger partial charge in [0, 0.05) is 12.7 Å². The SMILES string of the molecule is CCC(CC)n1nccc1C(=O)NCCc1ccc(CO)cc1. The number of hydrogen-bond donors (Lipinski definition) is 2. The number of hydrogen-bond acceptors (Lipinski definition) is 3. The van der Waals surface area contributed by atoms with Crippen LogP contribution in [0.15, 0.2) is 36.5 Å². The van der Waals surface area contributed by atoms with E-state index in [0.717, 1.165) is 30.4 Å². The number of aliphatic hydroxyl groups excluding tert-OH is 1. The summed E-state index contributed by atoms with van der Waals surface area (Å²) >= 11 is 0. The van der Waals surface area contributed by atoms with Gasteiger partial charge in [0.2, 0.25) is 0 Å². The summed E-state index contributed by atoms with van der Waals surface area (Å²) in [5.41, 5.74) is 2.65. The third kappa shape index (κ3) is 4.42. The van der Waals surface area contributed by atoms with Crippen LogP contribution in [0.25, 0.3) is 0 Å². The van der Waals surface area contributed by atoms with Gasteiger partial charge in [0.1, 0.15) is 5.69 Å². The zero-order chi connectivity index (χ0) is 16.7. The highest BCUT2D eigenvalue weighted by molar-refractivity contribution is 5.92. The van der Waals surface area contributed by atoms with Crippen LogP contribution in [0.1, 0.15) is 54.3 Å². The van der Waals surface area contributed by atoms with Crippen LogP contribution in [0.2, 0.25) is 0 Å². The molecule has 0 atom stereocenters. The molecule has 1 heterocycles. The third-order valence-electron chi connectivity index (χ3n) is 4.10. The summed E-state index contributed by atoms with van der Waals surface area (Å²) in [5, 5.41) is 16.3. The monoisotopic (exact) mass is 315 g/mol. The van der Waals surface area contributed by atoms with Crippen molar-refractivity contribution in [2.45, 2.75) is 45.8 Å². The molecule has 1 aromatic heterocycles. The van der Waals surface area contributed by atoms with Gasteiger partial charge < -0.3 is 10.4 Å². The molecule has 0 bridgehead atoms. The van der Waals surface area contributed by atoms with Gasteiger partial charge in [0.25, 0.3) is 5.91 Å². The largest absolute Gasteiger partial charge is 0.392 e. The van der Waals surface area contributed by atoms with Crippen LogP contribution in [-0.4, -0.2) is 27.3 Å². The second-order valence-corrected chi connectivity index (χ2v) is 5.61. The topological polar surface area (TPSA) is 67.2 Å². The molecule has 0 fully saturated rings. The van der Waals surface area contributed by atoms with Crippen LogP contribution in [0.4, 0.5) is 0 Å². The summed E-state index contributed by atoms with van der Waals surface area (Å²) in [6, 6.07) is 9.79. The fourth-order valence-electron chi connectivity index (χ4n) is 2.64. The fraction of sp³-hybridized carbons (Fsp3) is 0.444. The van der Waals surface area contributed by atoms with E-state index in [1.807, 2.05) is 28.9 Å². The quantitative estimate of drug-likeness (QED) is 0.787. The van der Waals surface area contributed by atoms with Crippen molar-refractivity contribution < 1.29 is 9.90 Å². The Morgan fingerprint density at radius 2 is 1.83 bits per heavy atom. The predicted molar refractivity (Wildman–Crippen MR) is 90.2 cm³/mol.